The molecule has 4 heteroatoms. The molecule has 0 fully saturated rings. The van der Waals surface area contributed by atoms with Crippen LogP contribution in [0.3, 0.4) is 0 Å². The van der Waals surface area contributed by atoms with E-state index in [9.17, 15) is 9.50 Å². The first-order chi connectivity index (χ1) is 10.0. The molecule has 2 N–H and O–H groups in total. The zero-order valence-corrected chi connectivity index (χ0v) is 12.4. The molecule has 1 aromatic carbocycles. The number of benzene rings is 1. The molecule has 0 amide bonds. The van der Waals surface area contributed by atoms with Crippen LogP contribution in [0.15, 0.2) is 42.6 Å². The normalized spacial score (nSPS) is 13.9. The van der Waals surface area contributed by atoms with Gasteiger partial charge in [0.05, 0.1) is 11.8 Å². The summed E-state index contributed by atoms with van der Waals surface area (Å²) in [4.78, 5) is 4.33. The molecule has 0 aliphatic rings. The van der Waals surface area contributed by atoms with Crippen LogP contribution in [0.25, 0.3) is 0 Å². The van der Waals surface area contributed by atoms with Gasteiger partial charge in [0.1, 0.15) is 5.82 Å². The highest BCUT2D eigenvalue weighted by atomic mass is 19.1. The van der Waals surface area contributed by atoms with Crippen molar-refractivity contribution in [3.05, 3.63) is 65.2 Å². The largest absolute Gasteiger partial charge is 0.388 e. The smallest absolute Gasteiger partial charge is 0.123 e. The molecule has 2 atom stereocenters. The molecule has 0 aliphatic carbocycles. The van der Waals surface area contributed by atoms with Crippen LogP contribution in [-0.4, -0.2) is 16.1 Å². The Kier molecular flexibility index (Phi) is 5.42. The molecule has 0 aliphatic heterocycles. The van der Waals surface area contributed by atoms with Crippen molar-refractivity contribution < 1.29 is 9.50 Å². The van der Waals surface area contributed by atoms with E-state index in [0.29, 0.717) is 13.0 Å². The highest BCUT2D eigenvalue weighted by Gasteiger charge is 2.12. The van der Waals surface area contributed by atoms with E-state index in [-0.39, 0.29) is 11.9 Å². The van der Waals surface area contributed by atoms with Gasteiger partial charge in [-0.3, -0.25) is 4.98 Å². The Morgan fingerprint density at radius 2 is 1.90 bits per heavy atom. The van der Waals surface area contributed by atoms with Crippen LogP contribution in [0, 0.1) is 12.7 Å². The van der Waals surface area contributed by atoms with Gasteiger partial charge in [0.25, 0.3) is 0 Å². The fraction of sp³-hybridized carbons (Fsp3) is 0.353. The third-order valence-electron chi connectivity index (χ3n) is 3.44. The van der Waals surface area contributed by atoms with E-state index >= 15 is 0 Å². The molecule has 0 radical (unpaired) electrons. The van der Waals surface area contributed by atoms with Gasteiger partial charge in [0.2, 0.25) is 0 Å². The molecule has 1 aromatic heterocycles. The highest BCUT2D eigenvalue weighted by Crippen LogP contribution is 2.18. The maximum atomic E-state index is 12.8. The van der Waals surface area contributed by atoms with Crippen LogP contribution >= 0.6 is 0 Å². The molecule has 3 nitrogen and oxygen atoms in total. The lowest BCUT2D eigenvalue weighted by Crippen LogP contribution is -2.27. The van der Waals surface area contributed by atoms with Crippen molar-refractivity contribution in [3.63, 3.8) is 0 Å². The molecule has 1 heterocycles. The second kappa shape index (κ2) is 7.29. The molecule has 112 valence electrons. The quantitative estimate of drug-likeness (QED) is 0.858. The van der Waals surface area contributed by atoms with Crippen LogP contribution in [0.1, 0.15) is 36.3 Å². The van der Waals surface area contributed by atoms with Gasteiger partial charge >= 0.3 is 0 Å². The van der Waals surface area contributed by atoms with Crippen molar-refractivity contribution in [2.75, 3.05) is 0 Å². The lowest BCUT2D eigenvalue weighted by atomic mass is 10.0. The average Bonchev–Trinajstić information content (AvgIpc) is 2.47. The van der Waals surface area contributed by atoms with Gasteiger partial charge in [0.15, 0.2) is 0 Å². The van der Waals surface area contributed by atoms with E-state index in [0.717, 1.165) is 16.8 Å². The minimum atomic E-state index is -0.598. The fourth-order valence-corrected chi connectivity index (χ4v) is 2.12. The number of pyridine rings is 1. The second-order valence-corrected chi connectivity index (χ2v) is 5.41. The van der Waals surface area contributed by atoms with Crippen LogP contribution in [0.4, 0.5) is 4.39 Å². The van der Waals surface area contributed by atoms with E-state index in [4.69, 9.17) is 0 Å². The summed E-state index contributed by atoms with van der Waals surface area (Å²) in [7, 11) is 0. The van der Waals surface area contributed by atoms with Gasteiger partial charge < -0.3 is 10.4 Å². The molecular weight excluding hydrogens is 267 g/mol. The maximum Gasteiger partial charge on any atom is 0.123 e. The molecule has 0 unspecified atom stereocenters. The molecule has 0 saturated heterocycles. The summed E-state index contributed by atoms with van der Waals surface area (Å²) in [5.74, 6) is -0.289. The third kappa shape index (κ3) is 4.92. The highest BCUT2D eigenvalue weighted by molar-refractivity contribution is 5.18. The fourth-order valence-electron chi connectivity index (χ4n) is 2.12. The number of halogens is 1. The molecule has 21 heavy (non-hydrogen) atoms. The third-order valence-corrected chi connectivity index (χ3v) is 3.44. The monoisotopic (exact) mass is 288 g/mol. The Balaban J connectivity index is 1.82. The molecule has 2 aromatic rings. The SMILES string of the molecule is Cc1ccc(CN[C@@H](C)C[C@@H](O)c2ccc(F)cc2)nc1. The summed E-state index contributed by atoms with van der Waals surface area (Å²) in [5.41, 5.74) is 2.85. The number of aliphatic hydroxyl groups is 1. The van der Waals surface area contributed by atoms with Crippen molar-refractivity contribution >= 4 is 0 Å². The van der Waals surface area contributed by atoms with Crippen molar-refractivity contribution in [2.45, 2.75) is 39.0 Å². The van der Waals surface area contributed by atoms with Crippen molar-refractivity contribution in [1.82, 2.24) is 10.3 Å². The van der Waals surface area contributed by atoms with Crippen LogP contribution in [0.2, 0.25) is 0 Å². The van der Waals surface area contributed by atoms with Crippen LogP contribution < -0.4 is 5.32 Å². The Morgan fingerprint density at radius 1 is 1.19 bits per heavy atom. The van der Waals surface area contributed by atoms with Crippen LogP contribution in [0.5, 0.6) is 0 Å². The first-order valence-corrected chi connectivity index (χ1v) is 7.13. The number of aromatic nitrogens is 1. The number of hydrogen-bond donors (Lipinski definition) is 2. The van der Waals surface area contributed by atoms with Gasteiger partial charge in [-0.2, -0.15) is 0 Å². The molecule has 0 bridgehead atoms. The number of aryl methyl sites for hydroxylation is 1. The topological polar surface area (TPSA) is 45.1 Å². The zero-order chi connectivity index (χ0) is 15.2. The Hall–Kier alpha value is -1.78. The summed E-state index contributed by atoms with van der Waals surface area (Å²) in [6.07, 6.45) is 1.81. The molecular formula is C17H21FN2O. The number of hydrogen-bond acceptors (Lipinski definition) is 3. The minimum Gasteiger partial charge on any atom is -0.388 e. The summed E-state index contributed by atoms with van der Waals surface area (Å²) < 4.78 is 12.8. The van der Waals surface area contributed by atoms with E-state index in [1.165, 1.54) is 12.1 Å². The lowest BCUT2D eigenvalue weighted by Gasteiger charge is -2.18. The van der Waals surface area contributed by atoms with Crippen molar-refractivity contribution in [2.24, 2.45) is 0 Å². The molecule has 0 spiro atoms. The van der Waals surface area contributed by atoms with Gasteiger partial charge in [0, 0.05) is 18.8 Å². The van der Waals surface area contributed by atoms with Crippen molar-refractivity contribution in [3.8, 4) is 0 Å². The summed E-state index contributed by atoms with van der Waals surface area (Å²) in [6.45, 7) is 4.68. The summed E-state index contributed by atoms with van der Waals surface area (Å²) in [6, 6.07) is 10.1. The predicted octanol–water partition coefficient (Wildman–Crippen LogP) is 3.13. The first kappa shape index (κ1) is 15.6. The minimum absolute atomic E-state index is 0.133. The summed E-state index contributed by atoms with van der Waals surface area (Å²) >= 11 is 0. The lowest BCUT2D eigenvalue weighted by molar-refractivity contribution is 0.153. The predicted molar refractivity (Wildman–Crippen MR) is 81.3 cm³/mol. The van der Waals surface area contributed by atoms with E-state index in [1.54, 1.807) is 12.1 Å². The number of nitrogens with zero attached hydrogens (tertiary/aromatic N) is 1. The number of nitrogens with one attached hydrogen (secondary N) is 1. The Labute approximate surface area is 124 Å². The average molecular weight is 288 g/mol. The standard InChI is InChI=1S/C17H21FN2O/c1-12-3-8-16(20-10-12)11-19-13(2)9-17(21)14-4-6-15(18)7-5-14/h3-8,10,13,17,19,21H,9,11H2,1-2H3/t13-,17+/m0/s1. The Bertz CT molecular complexity index is 554. The molecule has 2 rings (SSSR count). The molecule has 0 saturated carbocycles. The zero-order valence-electron chi connectivity index (χ0n) is 12.4. The number of aliphatic hydroxyl groups excluding tert-OH is 1. The van der Waals surface area contributed by atoms with Crippen molar-refractivity contribution in [1.29, 1.82) is 0 Å². The van der Waals surface area contributed by atoms with Crippen LogP contribution in [-0.2, 0) is 6.54 Å². The van der Waals surface area contributed by atoms with E-state index < -0.39 is 6.10 Å². The Morgan fingerprint density at radius 3 is 2.52 bits per heavy atom. The van der Waals surface area contributed by atoms with Gasteiger partial charge in [-0.15, -0.1) is 0 Å². The van der Waals surface area contributed by atoms with E-state index in [2.05, 4.69) is 10.3 Å². The maximum absolute atomic E-state index is 12.8. The first-order valence-electron chi connectivity index (χ1n) is 7.13. The van der Waals surface area contributed by atoms with Gasteiger partial charge in [-0.05, 0) is 49.6 Å². The van der Waals surface area contributed by atoms with E-state index in [1.807, 2.05) is 32.2 Å². The summed E-state index contributed by atoms with van der Waals surface area (Å²) in [5, 5.41) is 13.5. The second-order valence-electron chi connectivity index (χ2n) is 5.41. The van der Waals surface area contributed by atoms with Gasteiger partial charge in [-0.25, -0.2) is 4.39 Å². The van der Waals surface area contributed by atoms with Gasteiger partial charge in [-0.1, -0.05) is 18.2 Å². The number of rotatable bonds is 6.